The highest BCUT2D eigenvalue weighted by Gasteiger charge is 2.64. The van der Waals surface area contributed by atoms with Crippen LogP contribution in [0.5, 0.6) is 5.75 Å². The summed E-state index contributed by atoms with van der Waals surface area (Å²) in [6.45, 7) is 2.76. The van der Waals surface area contributed by atoms with Crippen molar-refractivity contribution in [2.75, 3.05) is 20.2 Å². The minimum atomic E-state index is -0.350. The average molecular weight is 330 g/mol. The Hall–Kier alpha value is -2.11. The number of fused-ring (bicyclic) bond motifs is 1. The molecule has 2 aliphatic heterocycles. The fourth-order valence-corrected chi connectivity index (χ4v) is 5.51. The Morgan fingerprint density at radius 2 is 2.25 bits per heavy atom. The molecule has 2 heterocycles. The maximum absolute atomic E-state index is 12.6. The molecule has 0 aromatic heterocycles. The predicted octanol–water partition coefficient (Wildman–Crippen LogP) is 2.23. The van der Waals surface area contributed by atoms with E-state index in [1.165, 1.54) is 11.1 Å². The van der Waals surface area contributed by atoms with Crippen LogP contribution in [0.3, 0.4) is 0 Å². The normalized spacial score (nSPS) is 33.8. The van der Waals surface area contributed by atoms with Crippen molar-refractivity contribution in [2.24, 2.45) is 17.8 Å². The van der Waals surface area contributed by atoms with Gasteiger partial charge in [0.1, 0.15) is 5.75 Å². The molecule has 6 nitrogen and oxygen atoms in total. The Kier molecular flexibility index (Phi) is 3.34. The summed E-state index contributed by atoms with van der Waals surface area (Å²) in [6, 6.07) is 6.09. The van der Waals surface area contributed by atoms with Crippen LogP contribution in [0.2, 0.25) is 0 Å². The minimum absolute atomic E-state index is 0.0397. The second-order valence-corrected chi connectivity index (χ2v) is 7.41. The van der Waals surface area contributed by atoms with Crippen molar-refractivity contribution in [3.05, 3.63) is 39.4 Å². The van der Waals surface area contributed by atoms with Crippen molar-refractivity contribution >= 4 is 5.91 Å². The monoisotopic (exact) mass is 330 g/mol. The lowest BCUT2D eigenvalue weighted by molar-refractivity contribution is -0.491. The van der Waals surface area contributed by atoms with Gasteiger partial charge in [0.2, 0.25) is 12.5 Å². The smallest absolute Gasteiger partial charge is 0.223 e. The number of amides is 1. The quantitative estimate of drug-likeness (QED) is 0.629. The third kappa shape index (κ3) is 1.91. The van der Waals surface area contributed by atoms with Gasteiger partial charge in [-0.05, 0) is 42.0 Å². The number of carbonyl (C=O) groups excluding carboxylic acids is 1. The lowest BCUT2D eigenvalue weighted by atomic mass is 9.74. The zero-order valence-corrected chi connectivity index (χ0v) is 14.0. The topological polar surface area (TPSA) is 72.7 Å². The molecule has 6 heteroatoms. The van der Waals surface area contributed by atoms with E-state index in [2.05, 4.69) is 19.1 Å². The van der Waals surface area contributed by atoms with Gasteiger partial charge in [0.25, 0.3) is 0 Å². The number of rotatable bonds is 3. The Bertz CT molecular complexity index is 719. The van der Waals surface area contributed by atoms with Crippen LogP contribution in [0.4, 0.5) is 0 Å². The molecular weight excluding hydrogens is 308 g/mol. The summed E-state index contributed by atoms with van der Waals surface area (Å²) in [6.07, 6.45) is 2.08. The standard InChI is InChI=1S/C18H22N2O4/c1-11-9-18-15-4-3-13(24-2)7-12(15)5-6-19(18)17(21)8-16(18)14(11)10-20(22)23/h3-4,7,11,14,16H,5-6,8-10H2,1-2H3/t11-,14+,16-,18-/m0/s1. The van der Waals surface area contributed by atoms with E-state index < -0.39 is 0 Å². The molecule has 1 aromatic carbocycles. The summed E-state index contributed by atoms with van der Waals surface area (Å²) in [7, 11) is 1.65. The highest BCUT2D eigenvalue weighted by Crippen LogP contribution is 2.60. The van der Waals surface area contributed by atoms with Gasteiger partial charge in [-0.1, -0.05) is 13.0 Å². The molecule has 1 aromatic rings. The van der Waals surface area contributed by atoms with E-state index in [0.29, 0.717) is 13.0 Å². The van der Waals surface area contributed by atoms with E-state index in [4.69, 9.17) is 4.74 Å². The number of methoxy groups -OCH3 is 1. The van der Waals surface area contributed by atoms with Crippen molar-refractivity contribution in [1.82, 2.24) is 4.90 Å². The molecule has 1 amide bonds. The summed E-state index contributed by atoms with van der Waals surface area (Å²) in [5.74, 6) is 1.22. The lowest BCUT2D eigenvalue weighted by Crippen LogP contribution is -2.49. The Labute approximate surface area is 140 Å². The summed E-state index contributed by atoms with van der Waals surface area (Å²) in [5.41, 5.74) is 2.05. The molecule has 1 saturated heterocycles. The highest BCUT2D eigenvalue weighted by atomic mass is 16.6. The molecule has 0 bridgehead atoms. The third-order valence-corrected chi connectivity index (χ3v) is 6.42. The molecule has 1 spiro atoms. The molecule has 1 aliphatic carbocycles. The first-order valence-corrected chi connectivity index (χ1v) is 8.57. The molecule has 24 heavy (non-hydrogen) atoms. The maximum atomic E-state index is 12.6. The van der Waals surface area contributed by atoms with E-state index in [0.717, 1.165) is 18.6 Å². The van der Waals surface area contributed by atoms with Crippen LogP contribution < -0.4 is 4.74 Å². The molecule has 4 rings (SSSR count). The molecular formula is C18H22N2O4. The second-order valence-electron chi connectivity index (χ2n) is 7.41. The predicted molar refractivity (Wildman–Crippen MR) is 87.3 cm³/mol. The summed E-state index contributed by atoms with van der Waals surface area (Å²) >= 11 is 0. The van der Waals surface area contributed by atoms with Gasteiger partial charge in [-0.15, -0.1) is 0 Å². The number of nitro groups is 1. The highest BCUT2D eigenvalue weighted by molar-refractivity contribution is 5.82. The zero-order valence-electron chi connectivity index (χ0n) is 14.0. The van der Waals surface area contributed by atoms with E-state index in [9.17, 15) is 14.9 Å². The van der Waals surface area contributed by atoms with Crippen LogP contribution in [0.1, 0.15) is 30.9 Å². The van der Waals surface area contributed by atoms with Crippen LogP contribution in [0, 0.1) is 27.9 Å². The molecule has 0 N–H and O–H groups in total. The van der Waals surface area contributed by atoms with Gasteiger partial charge in [0.15, 0.2) is 0 Å². The van der Waals surface area contributed by atoms with Crippen molar-refractivity contribution < 1.29 is 14.5 Å². The van der Waals surface area contributed by atoms with Gasteiger partial charge in [-0.25, -0.2) is 0 Å². The summed E-state index contributed by atoms with van der Waals surface area (Å²) in [5, 5.41) is 11.1. The van der Waals surface area contributed by atoms with Gasteiger partial charge >= 0.3 is 0 Å². The lowest BCUT2D eigenvalue weighted by Gasteiger charge is -2.44. The van der Waals surface area contributed by atoms with Crippen molar-refractivity contribution in [3.63, 3.8) is 0 Å². The fraction of sp³-hybridized carbons (Fsp3) is 0.611. The number of benzene rings is 1. The molecule has 3 aliphatic rings. The first-order chi connectivity index (χ1) is 11.5. The first kappa shape index (κ1) is 15.4. The number of hydrogen-bond donors (Lipinski definition) is 0. The number of carbonyl (C=O) groups is 1. The Balaban J connectivity index is 1.84. The zero-order chi connectivity index (χ0) is 17.1. The van der Waals surface area contributed by atoms with Crippen molar-refractivity contribution in [2.45, 2.75) is 31.7 Å². The van der Waals surface area contributed by atoms with E-state index in [1.54, 1.807) is 7.11 Å². The molecule has 4 atom stereocenters. The van der Waals surface area contributed by atoms with E-state index >= 15 is 0 Å². The van der Waals surface area contributed by atoms with E-state index in [-0.39, 0.29) is 40.7 Å². The minimum Gasteiger partial charge on any atom is -0.497 e. The van der Waals surface area contributed by atoms with Crippen LogP contribution >= 0.6 is 0 Å². The number of hydrogen-bond acceptors (Lipinski definition) is 4. The van der Waals surface area contributed by atoms with Gasteiger partial charge in [-0.2, -0.15) is 0 Å². The summed E-state index contributed by atoms with van der Waals surface area (Å²) < 4.78 is 5.35. The van der Waals surface area contributed by atoms with Crippen LogP contribution in [-0.2, 0) is 16.8 Å². The summed E-state index contributed by atoms with van der Waals surface area (Å²) in [4.78, 5) is 25.6. The molecule has 1 saturated carbocycles. The number of nitrogens with zero attached hydrogens (tertiary/aromatic N) is 2. The third-order valence-electron chi connectivity index (χ3n) is 6.42. The second kappa shape index (κ2) is 5.19. The number of ether oxygens (including phenoxy) is 1. The molecule has 0 radical (unpaired) electrons. The van der Waals surface area contributed by atoms with Gasteiger partial charge in [0.05, 0.1) is 12.6 Å². The van der Waals surface area contributed by atoms with Crippen molar-refractivity contribution in [1.29, 1.82) is 0 Å². The Morgan fingerprint density at radius 3 is 2.96 bits per heavy atom. The van der Waals surface area contributed by atoms with Gasteiger partial charge in [-0.3, -0.25) is 14.9 Å². The van der Waals surface area contributed by atoms with E-state index in [1.807, 2.05) is 11.0 Å². The molecule has 0 unspecified atom stereocenters. The fourth-order valence-electron chi connectivity index (χ4n) is 5.51. The molecule has 2 fully saturated rings. The SMILES string of the molecule is COc1ccc2c(c1)CCN1C(=O)C[C@H]3[C@H](C[N+](=O)[O-])[C@@H](C)C[C@]231. The van der Waals surface area contributed by atoms with Crippen LogP contribution in [0.25, 0.3) is 0 Å². The maximum Gasteiger partial charge on any atom is 0.223 e. The van der Waals surface area contributed by atoms with Crippen LogP contribution in [-0.4, -0.2) is 35.9 Å². The first-order valence-electron chi connectivity index (χ1n) is 8.57. The van der Waals surface area contributed by atoms with Gasteiger partial charge < -0.3 is 9.64 Å². The largest absolute Gasteiger partial charge is 0.497 e. The average Bonchev–Trinajstić information content (AvgIpc) is 2.97. The van der Waals surface area contributed by atoms with Crippen LogP contribution in [0.15, 0.2) is 18.2 Å². The Morgan fingerprint density at radius 1 is 1.46 bits per heavy atom. The van der Waals surface area contributed by atoms with Crippen molar-refractivity contribution in [3.8, 4) is 5.75 Å². The van der Waals surface area contributed by atoms with Gasteiger partial charge in [0, 0.05) is 29.7 Å². The molecule has 128 valence electrons.